The van der Waals surface area contributed by atoms with E-state index in [1.807, 2.05) is 39.0 Å². The number of rotatable bonds is 5. The molecule has 1 aliphatic heterocycles. The van der Waals surface area contributed by atoms with Gasteiger partial charge in [-0.3, -0.25) is 4.90 Å². The Morgan fingerprint density at radius 1 is 1.35 bits per heavy atom. The van der Waals surface area contributed by atoms with Crippen molar-refractivity contribution in [1.29, 1.82) is 0 Å². The molecule has 4 nitrogen and oxygen atoms in total. The lowest BCUT2D eigenvalue weighted by molar-refractivity contribution is 0.0154. The van der Waals surface area contributed by atoms with Crippen LogP contribution in [0.2, 0.25) is 0 Å². The van der Waals surface area contributed by atoms with Gasteiger partial charge in [0.25, 0.3) is 0 Å². The monoisotopic (exact) mass is 322 g/mol. The van der Waals surface area contributed by atoms with E-state index in [9.17, 15) is 9.18 Å². The first-order chi connectivity index (χ1) is 10.9. The van der Waals surface area contributed by atoms with Crippen LogP contribution in [0.15, 0.2) is 30.3 Å². The van der Waals surface area contributed by atoms with Crippen molar-refractivity contribution in [2.45, 2.75) is 45.4 Å². The summed E-state index contributed by atoms with van der Waals surface area (Å²) in [6.45, 7) is 7.56. The van der Waals surface area contributed by atoms with Gasteiger partial charge >= 0.3 is 6.09 Å². The number of halogens is 1. The summed E-state index contributed by atoms with van der Waals surface area (Å²) in [7, 11) is 0. The molecule has 0 bridgehead atoms. The normalized spacial score (nSPS) is 18.9. The zero-order valence-corrected chi connectivity index (χ0v) is 14.3. The molecule has 0 aliphatic carbocycles. The number of alkyl halides is 1. The van der Waals surface area contributed by atoms with Crippen LogP contribution in [0.1, 0.15) is 32.8 Å². The van der Waals surface area contributed by atoms with E-state index >= 15 is 0 Å². The third-order valence-corrected chi connectivity index (χ3v) is 3.89. The first-order valence-corrected chi connectivity index (χ1v) is 8.21. The molecule has 0 radical (unpaired) electrons. The van der Waals surface area contributed by atoms with Crippen LogP contribution < -0.4 is 0 Å². The Morgan fingerprint density at radius 2 is 2.04 bits per heavy atom. The fourth-order valence-electron chi connectivity index (χ4n) is 2.89. The number of nitrogens with zero attached hydrogens (tertiary/aromatic N) is 2. The first-order valence-electron chi connectivity index (χ1n) is 8.21. The highest BCUT2D eigenvalue weighted by Gasteiger charge is 2.33. The maximum atomic E-state index is 12.9. The van der Waals surface area contributed by atoms with Crippen molar-refractivity contribution in [3.63, 3.8) is 0 Å². The average molecular weight is 322 g/mol. The molecule has 1 fully saturated rings. The Hall–Kier alpha value is -1.62. The number of carbonyl (C=O) groups is 1. The lowest BCUT2D eigenvalue weighted by Crippen LogP contribution is -2.45. The molecule has 0 saturated carbocycles. The zero-order valence-electron chi connectivity index (χ0n) is 14.3. The van der Waals surface area contributed by atoms with E-state index in [2.05, 4.69) is 17.0 Å². The van der Waals surface area contributed by atoms with Crippen LogP contribution in [0, 0.1) is 0 Å². The molecule has 0 aromatic heterocycles. The minimum Gasteiger partial charge on any atom is -0.444 e. The maximum Gasteiger partial charge on any atom is 0.410 e. The van der Waals surface area contributed by atoms with Gasteiger partial charge < -0.3 is 9.64 Å². The lowest BCUT2D eigenvalue weighted by atomic mass is 10.2. The van der Waals surface area contributed by atoms with E-state index in [4.69, 9.17) is 4.74 Å². The molecule has 1 amide bonds. The molecule has 1 atom stereocenters. The highest BCUT2D eigenvalue weighted by Crippen LogP contribution is 2.20. The summed E-state index contributed by atoms with van der Waals surface area (Å²) in [4.78, 5) is 16.2. The number of hydrogen-bond acceptors (Lipinski definition) is 3. The minimum atomic E-state index is -0.562. The smallest absolute Gasteiger partial charge is 0.410 e. The molecule has 1 aromatic rings. The third kappa shape index (κ3) is 5.50. The number of benzene rings is 1. The van der Waals surface area contributed by atoms with Crippen LogP contribution in [0.5, 0.6) is 0 Å². The molecular formula is C18H27FN2O2. The van der Waals surface area contributed by atoms with Crippen molar-refractivity contribution in [2.75, 3.05) is 26.3 Å². The molecule has 1 unspecified atom stereocenters. The molecule has 23 heavy (non-hydrogen) atoms. The summed E-state index contributed by atoms with van der Waals surface area (Å²) in [5.41, 5.74) is 0.691. The Labute approximate surface area is 138 Å². The molecule has 1 saturated heterocycles. The van der Waals surface area contributed by atoms with Crippen LogP contribution in [-0.2, 0) is 11.3 Å². The van der Waals surface area contributed by atoms with Crippen LogP contribution in [0.25, 0.3) is 0 Å². The lowest BCUT2D eigenvalue weighted by Gasteiger charge is -2.31. The summed E-state index contributed by atoms with van der Waals surface area (Å²) in [6, 6.07) is 10.3. The standard InChI is InChI=1S/C18H27FN2O2/c1-18(2,3)23-17(22)21(12-10-19)16-9-11-20(14-16)13-15-7-5-4-6-8-15/h4-8,16H,9-14H2,1-3H3. The molecule has 128 valence electrons. The van der Waals surface area contributed by atoms with E-state index in [1.54, 1.807) is 4.90 Å². The van der Waals surface area contributed by atoms with Gasteiger partial charge in [-0.2, -0.15) is 0 Å². The van der Waals surface area contributed by atoms with Gasteiger partial charge in [0.05, 0.1) is 6.54 Å². The van der Waals surface area contributed by atoms with Gasteiger partial charge in [0.1, 0.15) is 12.3 Å². The molecule has 2 rings (SSSR count). The molecule has 0 spiro atoms. The summed E-state index contributed by atoms with van der Waals surface area (Å²) in [5, 5.41) is 0. The van der Waals surface area contributed by atoms with Crippen LogP contribution in [-0.4, -0.2) is 53.8 Å². The van der Waals surface area contributed by atoms with E-state index in [-0.39, 0.29) is 12.6 Å². The zero-order chi connectivity index (χ0) is 16.9. The van der Waals surface area contributed by atoms with Crippen molar-refractivity contribution in [3.8, 4) is 0 Å². The average Bonchev–Trinajstić information content (AvgIpc) is 2.92. The van der Waals surface area contributed by atoms with Gasteiger partial charge in [-0.1, -0.05) is 30.3 Å². The summed E-state index contributed by atoms with van der Waals surface area (Å²) in [6.07, 6.45) is 0.438. The van der Waals surface area contributed by atoms with E-state index in [0.29, 0.717) is 0 Å². The quantitative estimate of drug-likeness (QED) is 0.832. The number of likely N-dealkylation sites (tertiary alicyclic amines) is 1. The van der Waals surface area contributed by atoms with Crippen molar-refractivity contribution >= 4 is 6.09 Å². The van der Waals surface area contributed by atoms with Crippen molar-refractivity contribution in [2.24, 2.45) is 0 Å². The highest BCUT2D eigenvalue weighted by atomic mass is 19.1. The van der Waals surface area contributed by atoms with Gasteiger partial charge in [0.2, 0.25) is 0 Å². The fourth-order valence-corrected chi connectivity index (χ4v) is 2.89. The van der Waals surface area contributed by atoms with Crippen molar-refractivity contribution in [1.82, 2.24) is 9.80 Å². The molecule has 1 heterocycles. The highest BCUT2D eigenvalue weighted by molar-refractivity contribution is 5.68. The second-order valence-corrected chi connectivity index (χ2v) is 7.03. The molecule has 1 aromatic carbocycles. The van der Waals surface area contributed by atoms with E-state index in [1.165, 1.54) is 5.56 Å². The topological polar surface area (TPSA) is 32.8 Å². The maximum absolute atomic E-state index is 12.9. The first kappa shape index (κ1) is 17.7. The SMILES string of the molecule is CC(C)(C)OC(=O)N(CCF)C1CCN(Cc2ccccc2)C1. The van der Waals surface area contributed by atoms with Crippen molar-refractivity contribution < 1.29 is 13.9 Å². The second-order valence-electron chi connectivity index (χ2n) is 7.03. The van der Waals surface area contributed by atoms with Crippen LogP contribution in [0.4, 0.5) is 9.18 Å². The molecular weight excluding hydrogens is 295 g/mol. The minimum absolute atomic E-state index is 0.0179. The Bertz CT molecular complexity index is 501. The van der Waals surface area contributed by atoms with Crippen LogP contribution >= 0.6 is 0 Å². The van der Waals surface area contributed by atoms with E-state index < -0.39 is 18.4 Å². The molecule has 0 N–H and O–H groups in total. The predicted octanol–water partition coefficient (Wildman–Crippen LogP) is 3.47. The summed E-state index contributed by atoms with van der Waals surface area (Å²) in [5.74, 6) is 0. The Kier molecular flexibility index (Phi) is 5.99. The van der Waals surface area contributed by atoms with Gasteiger partial charge in [0, 0.05) is 25.7 Å². The number of hydrogen-bond donors (Lipinski definition) is 0. The molecule has 5 heteroatoms. The van der Waals surface area contributed by atoms with Crippen LogP contribution in [0.3, 0.4) is 0 Å². The summed E-state index contributed by atoms with van der Waals surface area (Å²) >= 11 is 0. The number of ether oxygens (including phenoxy) is 1. The van der Waals surface area contributed by atoms with Gasteiger partial charge in [-0.25, -0.2) is 9.18 Å². The Balaban J connectivity index is 1.94. The van der Waals surface area contributed by atoms with Gasteiger partial charge in [-0.05, 0) is 32.8 Å². The van der Waals surface area contributed by atoms with Gasteiger partial charge in [-0.15, -0.1) is 0 Å². The Morgan fingerprint density at radius 3 is 2.65 bits per heavy atom. The van der Waals surface area contributed by atoms with E-state index in [0.717, 1.165) is 26.1 Å². The largest absolute Gasteiger partial charge is 0.444 e. The number of amides is 1. The predicted molar refractivity (Wildman–Crippen MR) is 89.0 cm³/mol. The van der Waals surface area contributed by atoms with Crippen molar-refractivity contribution in [3.05, 3.63) is 35.9 Å². The second kappa shape index (κ2) is 7.77. The number of carbonyl (C=O) groups excluding carboxylic acids is 1. The van der Waals surface area contributed by atoms with Gasteiger partial charge in [0.15, 0.2) is 0 Å². The summed E-state index contributed by atoms with van der Waals surface area (Å²) < 4.78 is 18.3. The molecule has 1 aliphatic rings. The fraction of sp³-hybridized carbons (Fsp3) is 0.611. The third-order valence-electron chi connectivity index (χ3n) is 3.89.